The van der Waals surface area contributed by atoms with Gasteiger partial charge in [0.15, 0.2) is 5.78 Å². The number of carbonyl (C=O) groups excluding carboxylic acids is 1. The van der Waals surface area contributed by atoms with Gasteiger partial charge < -0.3 is 5.32 Å². The molecule has 3 aliphatic rings. The minimum atomic E-state index is -0.420. The average Bonchev–Trinajstić information content (AvgIpc) is 3.21. The zero-order valence-electron chi connectivity index (χ0n) is 20.5. The number of rotatable bonds is 4. The van der Waals surface area contributed by atoms with Gasteiger partial charge in [0.05, 0.1) is 4.92 Å². The van der Waals surface area contributed by atoms with E-state index in [4.69, 9.17) is 0 Å². The van der Waals surface area contributed by atoms with E-state index >= 15 is 0 Å². The van der Waals surface area contributed by atoms with Crippen molar-refractivity contribution in [2.45, 2.75) is 25.7 Å². The molecule has 182 valence electrons. The first-order valence-electron chi connectivity index (χ1n) is 12.5. The van der Waals surface area contributed by atoms with Gasteiger partial charge in [-0.05, 0) is 64.6 Å². The smallest absolute Gasteiger partial charge is 0.273 e. The molecule has 2 atom stereocenters. The van der Waals surface area contributed by atoms with Gasteiger partial charge in [-0.3, -0.25) is 14.9 Å². The molecule has 0 saturated heterocycles. The van der Waals surface area contributed by atoms with Crippen LogP contribution in [0.15, 0.2) is 90.8 Å². The summed E-state index contributed by atoms with van der Waals surface area (Å²) in [6, 6.07) is 17.7. The Kier molecular flexibility index (Phi) is 5.68. The first-order valence-corrected chi connectivity index (χ1v) is 12.5. The van der Waals surface area contributed by atoms with Gasteiger partial charge in [0.2, 0.25) is 0 Å². The fourth-order valence-corrected chi connectivity index (χ4v) is 5.76. The number of fused-ring (bicyclic) bond motifs is 5. The molecule has 0 amide bonds. The maximum absolute atomic E-state index is 13.8. The van der Waals surface area contributed by atoms with Gasteiger partial charge >= 0.3 is 0 Å². The summed E-state index contributed by atoms with van der Waals surface area (Å²) in [5.74, 6) is -0.513. The van der Waals surface area contributed by atoms with Crippen LogP contribution in [0, 0.1) is 23.0 Å². The molecule has 0 aromatic heterocycles. The number of ketones is 1. The Labute approximate surface area is 215 Å². The number of carbonyl (C=O) groups is 1. The lowest BCUT2D eigenvalue weighted by molar-refractivity contribution is -0.385. The normalized spacial score (nSPS) is 19.1. The molecule has 37 heavy (non-hydrogen) atoms. The van der Waals surface area contributed by atoms with Crippen molar-refractivity contribution >= 4 is 23.6 Å². The van der Waals surface area contributed by atoms with Crippen molar-refractivity contribution in [3.8, 4) is 11.1 Å². The number of Topliss-reactive ketones (excluding diaryl/α,β-unsaturated/α-hetero) is 1. The third-order valence-electron chi connectivity index (χ3n) is 7.63. The van der Waals surface area contributed by atoms with E-state index in [-0.39, 0.29) is 17.4 Å². The highest BCUT2D eigenvalue weighted by Gasteiger charge is 2.31. The minimum Gasteiger partial charge on any atom is -0.364 e. The molecule has 3 aromatic rings. The fourth-order valence-electron chi connectivity index (χ4n) is 5.76. The van der Waals surface area contributed by atoms with Crippen molar-refractivity contribution < 1.29 is 9.72 Å². The number of hydrogen-bond donors (Lipinski definition) is 1. The standard InChI is InChI=1S/C32H26N2O3/c1-20-10-11-22(19-31(20)34(36)37)32(35)23-17-28-26-13-12-21-7-4-5-8-24(21)25(26)14-15-27(28)29(18-23)30-9-3-2-6-16-33-30/h2-11,13-17,19,23,29,33H,12,18H2,1H3. The predicted molar refractivity (Wildman–Crippen MR) is 146 cm³/mol. The molecule has 0 radical (unpaired) electrons. The lowest BCUT2D eigenvalue weighted by Gasteiger charge is -2.30. The van der Waals surface area contributed by atoms with E-state index in [1.165, 1.54) is 28.3 Å². The van der Waals surface area contributed by atoms with Crippen LogP contribution in [0.2, 0.25) is 0 Å². The molecule has 6 rings (SSSR count). The number of benzene rings is 3. The highest BCUT2D eigenvalue weighted by Crippen LogP contribution is 2.35. The van der Waals surface area contributed by atoms with Crippen LogP contribution in [0.4, 0.5) is 5.69 Å². The summed E-state index contributed by atoms with van der Waals surface area (Å²) in [6.07, 6.45) is 15.7. The number of allylic oxidation sites excluding steroid dienone is 5. The van der Waals surface area contributed by atoms with E-state index in [0.717, 1.165) is 22.6 Å². The first kappa shape index (κ1) is 22.9. The highest BCUT2D eigenvalue weighted by atomic mass is 16.6. The third-order valence-corrected chi connectivity index (χ3v) is 7.63. The Bertz CT molecular complexity index is 1680. The second-order valence-corrected chi connectivity index (χ2v) is 9.79. The molecule has 1 heterocycles. The Morgan fingerprint density at radius 1 is 1.00 bits per heavy atom. The zero-order valence-corrected chi connectivity index (χ0v) is 20.5. The average molecular weight is 487 g/mol. The van der Waals surface area contributed by atoms with Gasteiger partial charge in [-0.2, -0.15) is 0 Å². The summed E-state index contributed by atoms with van der Waals surface area (Å²) in [5.41, 5.74) is 6.83. The van der Waals surface area contributed by atoms with Gasteiger partial charge in [-0.1, -0.05) is 72.8 Å². The number of nitro groups is 1. The van der Waals surface area contributed by atoms with E-state index < -0.39 is 10.8 Å². The maximum atomic E-state index is 13.8. The van der Waals surface area contributed by atoms with Crippen LogP contribution < -0.4 is 15.8 Å². The van der Waals surface area contributed by atoms with Gasteiger partial charge in [0.1, 0.15) is 0 Å². The lowest BCUT2D eigenvalue weighted by Crippen LogP contribution is -2.39. The Morgan fingerprint density at radius 2 is 1.86 bits per heavy atom. The van der Waals surface area contributed by atoms with Crippen molar-refractivity contribution in [1.29, 1.82) is 0 Å². The molecule has 0 bridgehead atoms. The molecule has 3 aromatic carbocycles. The van der Waals surface area contributed by atoms with E-state index in [1.54, 1.807) is 19.1 Å². The van der Waals surface area contributed by atoms with Crippen LogP contribution in [0.1, 0.15) is 39.4 Å². The topological polar surface area (TPSA) is 72.2 Å². The van der Waals surface area contributed by atoms with Crippen molar-refractivity contribution in [2.24, 2.45) is 5.92 Å². The van der Waals surface area contributed by atoms with Gasteiger partial charge in [0, 0.05) is 40.9 Å². The van der Waals surface area contributed by atoms with Crippen LogP contribution in [0.5, 0.6) is 0 Å². The molecule has 0 fully saturated rings. The number of nitrogens with zero attached hydrogens (tertiary/aromatic N) is 1. The summed E-state index contributed by atoms with van der Waals surface area (Å²) in [6.45, 7) is 1.69. The fraction of sp³-hybridized carbons (Fsp3) is 0.156. The second kappa shape index (κ2) is 9.17. The molecule has 1 N–H and O–H groups in total. The largest absolute Gasteiger partial charge is 0.364 e. The Hall–Kier alpha value is -4.51. The van der Waals surface area contributed by atoms with Crippen LogP contribution in [0.25, 0.3) is 23.3 Å². The van der Waals surface area contributed by atoms with Crippen molar-refractivity contribution in [3.05, 3.63) is 134 Å². The summed E-state index contributed by atoms with van der Waals surface area (Å²) < 4.78 is 0. The van der Waals surface area contributed by atoms with Crippen LogP contribution in [0.3, 0.4) is 0 Å². The van der Waals surface area contributed by atoms with E-state index in [0.29, 0.717) is 17.5 Å². The number of nitro benzene ring substituents is 1. The van der Waals surface area contributed by atoms with Crippen molar-refractivity contribution in [1.82, 2.24) is 5.32 Å². The lowest BCUT2D eigenvalue weighted by atomic mass is 9.75. The molecule has 5 nitrogen and oxygen atoms in total. The number of hydrogen-bond acceptors (Lipinski definition) is 4. The summed E-state index contributed by atoms with van der Waals surface area (Å²) in [5, 5.41) is 17.2. The highest BCUT2D eigenvalue weighted by molar-refractivity contribution is 6.02. The van der Waals surface area contributed by atoms with E-state index in [9.17, 15) is 14.9 Å². The third kappa shape index (κ3) is 4.02. The van der Waals surface area contributed by atoms with Crippen LogP contribution >= 0.6 is 0 Å². The van der Waals surface area contributed by atoms with Crippen LogP contribution in [-0.4, -0.2) is 10.7 Å². The zero-order chi connectivity index (χ0) is 25.5. The Balaban J connectivity index is 1.53. The molecular formula is C32H26N2O3. The van der Waals surface area contributed by atoms with Crippen molar-refractivity contribution in [2.75, 3.05) is 0 Å². The Morgan fingerprint density at radius 3 is 2.73 bits per heavy atom. The summed E-state index contributed by atoms with van der Waals surface area (Å²) >= 11 is 0. The summed E-state index contributed by atoms with van der Waals surface area (Å²) in [4.78, 5) is 24.9. The molecule has 2 aliphatic carbocycles. The van der Waals surface area contributed by atoms with E-state index in [1.807, 2.05) is 24.4 Å². The van der Waals surface area contributed by atoms with Gasteiger partial charge in [-0.25, -0.2) is 0 Å². The van der Waals surface area contributed by atoms with Crippen LogP contribution in [-0.2, 0) is 6.42 Å². The molecule has 1 aliphatic heterocycles. The molecule has 2 unspecified atom stereocenters. The molecular weight excluding hydrogens is 460 g/mol. The van der Waals surface area contributed by atoms with Gasteiger partial charge in [-0.15, -0.1) is 0 Å². The van der Waals surface area contributed by atoms with Crippen molar-refractivity contribution in [3.63, 3.8) is 0 Å². The SMILES string of the molecule is Cc1ccc(C(=O)C2C=c3c(ccc4c3=CCc3ccccc3-4)C(C3=CC=CC=CN3)C2)cc1[N+](=O)[O-]. The van der Waals surface area contributed by atoms with Gasteiger partial charge in [0.25, 0.3) is 5.69 Å². The first-order chi connectivity index (χ1) is 18.0. The summed E-state index contributed by atoms with van der Waals surface area (Å²) in [7, 11) is 0. The minimum absolute atomic E-state index is 0.0161. The predicted octanol–water partition coefficient (Wildman–Crippen LogP) is 5.23. The molecule has 5 heteroatoms. The maximum Gasteiger partial charge on any atom is 0.273 e. The number of aryl methyl sites for hydroxylation is 1. The molecule has 0 spiro atoms. The number of nitrogens with one attached hydrogen (secondary N) is 1. The monoisotopic (exact) mass is 486 g/mol. The second-order valence-electron chi connectivity index (χ2n) is 9.79. The quantitative estimate of drug-likeness (QED) is 0.311. The molecule has 0 saturated carbocycles. The van der Waals surface area contributed by atoms with E-state index in [2.05, 4.69) is 59.9 Å².